The highest BCUT2D eigenvalue weighted by Gasteiger charge is 2.24. The molecule has 0 fully saturated rings. The Kier molecular flexibility index (Phi) is 6.30. The summed E-state index contributed by atoms with van der Waals surface area (Å²) < 4.78 is 35.6. The number of amides is 1. The molecule has 0 aliphatic heterocycles. The molecule has 2 heterocycles. The maximum absolute atomic E-state index is 13.1. The molecule has 0 spiro atoms. The summed E-state index contributed by atoms with van der Waals surface area (Å²) in [6, 6.07) is 8.48. The van der Waals surface area contributed by atoms with Gasteiger partial charge in [-0.1, -0.05) is 18.2 Å². The number of nitrogens with zero attached hydrogens (tertiary/aromatic N) is 3. The van der Waals surface area contributed by atoms with Gasteiger partial charge in [0.2, 0.25) is 5.88 Å². The molecule has 0 unspecified atom stereocenters. The fourth-order valence-electron chi connectivity index (χ4n) is 2.95. The normalized spacial score (nSPS) is 11.4. The first-order valence-corrected chi connectivity index (χ1v) is 11.1. The zero-order chi connectivity index (χ0) is 22.8. The van der Waals surface area contributed by atoms with Crippen LogP contribution < -0.4 is 14.8 Å². The first-order chi connectivity index (χ1) is 14.6. The van der Waals surface area contributed by atoms with Crippen molar-refractivity contribution in [1.29, 1.82) is 0 Å². The van der Waals surface area contributed by atoms with Gasteiger partial charge in [0.05, 0.1) is 24.7 Å². The Labute approximate surface area is 181 Å². The monoisotopic (exact) mass is 443 g/mol. The van der Waals surface area contributed by atoms with Gasteiger partial charge >= 0.3 is 0 Å². The third kappa shape index (κ3) is 4.85. The average molecular weight is 444 g/mol. The van der Waals surface area contributed by atoms with Gasteiger partial charge in [0.1, 0.15) is 0 Å². The molecule has 0 aliphatic rings. The second kappa shape index (κ2) is 8.76. The molecule has 1 amide bonds. The quantitative estimate of drug-likeness (QED) is 0.577. The maximum Gasteiger partial charge on any atom is 0.276 e. The summed E-state index contributed by atoms with van der Waals surface area (Å²) in [5.41, 5.74) is 2.45. The SMILES string of the molecule is COc1ncc(NC(=O)c2ccn(C(C)C)n2)cc1S(=O)(=O)Nc1c(C)cccc1C. The van der Waals surface area contributed by atoms with Crippen molar-refractivity contribution in [2.45, 2.75) is 38.6 Å². The fraction of sp³-hybridized carbons (Fsp3) is 0.286. The lowest BCUT2D eigenvalue weighted by molar-refractivity contribution is 0.102. The summed E-state index contributed by atoms with van der Waals surface area (Å²) in [6.07, 6.45) is 3.03. The predicted octanol–water partition coefficient (Wildman–Crippen LogP) is 3.54. The Morgan fingerprint density at radius 2 is 1.84 bits per heavy atom. The Balaban J connectivity index is 1.91. The van der Waals surface area contributed by atoms with Crippen molar-refractivity contribution in [3.8, 4) is 5.88 Å². The molecule has 0 atom stereocenters. The number of carbonyl (C=O) groups excluding carboxylic acids is 1. The van der Waals surface area contributed by atoms with E-state index in [0.717, 1.165) is 11.1 Å². The van der Waals surface area contributed by atoms with Crippen molar-refractivity contribution in [1.82, 2.24) is 14.8 Å². The van der Waals surface area contributed by atoms with E-state index in [9.17, 15) is 13.2 Å². The zero-order valence-electron chi connectivity index (χ0n) is 18.0. The molecule has 2 N–H and O–H groups in total. The van der Waals surface area contributed by atoms with Crippen LogP contribution in [-0.2, 0) is 10.0 Å². The van der Waals surface area contributed by atoms with E-state index in [1.807, 2.05) is 45.9 Å². The minimum Gasteiger partial charge on any atom is -0.480 e. The van der Waals surface area contributed by atoms with E-state index in [4.69, 9.17) is 4.74 Å². The van der Waals surface area contributed by atoms with E-state index >= 15 is 0 Å². The van der Waals surface area contributed by atoms with Gasteiger partial charge in [-0.05, 0) is 51.0 Å². The first kappa shape index (κ1) is 22.3. The standard InChI is InChI=1S/C21H25N5O4S/c1-13(2)26-10-9-17(24-26)20(27)23-16-11-18(21(30-5)22-12-16)31(28,29)25-19-14(3)7-6-8-15(19)4/h6-13,25H,1-5H3,(H,23,27). The molecular formula is C21H25N5O4S. The molecule has 0 saturated carbocycles. The maximum atomic E-state index is 13.1. The summed E-state index contributed by atoms with van der Waals surface area (Å²) in [4.78, 5) is 16.4. The molecule has 31 heavy (non-hydrogen) atoms. The summed E-state index contributed by atoms with van der Waals surface area (Å²) in [5.74, 6) is -0.557. The molecule has 0 radical (unpaired) electrons. The van der Waals surface area contributed by atoms with Gasteiger partial charge < -0.3 is 10.1 Å². The smallest absolute Gasteiger partial charge is 0.276 e. The van der Waals surface area contributed by atoms with Crippen molar-refractivity contribution in [2.24, 2.45) is 0 Å². The van der Waals surface area contributed by atoms with Crippen LogP contribution in [0.25, 0.3) is 0 Å². The lowest BCUT2D eigenvalue weighted by Crippen LogP contribution is -2.18. The molecule has 9 nitrogen and oxygen atoms in total. The summed E-state index contributed by atoms with van der Waals surface area (Å²) >= 11 is 0. The molecule has 3 aromatic rings. The molecule has 0 aliphatic carbocycles. The molecule has 0 bridgehead atoms. The van der Waals surface area contributed by atoms with Crippen LogP contribution in [0.15, 0.2) is 47.6 Å². The van der Waals surface area contributed by atoms with Crippen LogP contribution in [0, 0.1) is 13.8 Å². The van der Waals surface area contributed by atoms with Crippen LogP contribution in [0.4, 0.5) is 11.4 Å². The van der Waals surface area contributed by atoms with Gasteiger partial charge in [0, 0.05) is 12.2 Å². The summed E-state index contributed by atoms with van der Waals surface area (Å²) in [5, 5.41) is 6.85. The number of sulfonamides is 1. The van der Waals surface area contributed by atoms with Crippen molar-refractivity contribution in [2.75, 3.05) is 17.1 Å². The fourth-order valence-corrected chi connectivity index (χ4v) is 4.30. The number of aryl methyl sites for hydroxylation is 2. The number of carbonyl (C=O) groups is 1. The second-order valence-corrected chi connectivity index (χ2v) is 8.98. The highest BCUT2D eigenvalue weighted by atomic mass is 32.2. The number of anilines is 2. The van der Waals surface area contributed by atoms with E-state index in [0.29, 0.717) is 5.69 Å². The molecule has 2 aromatic heterocycles. The number of pyridine rings is 1. The largest absolute Gasteiger partial charge is 0.480 e. The highest BCUT2D eigenvalue weighted by molar-refractivity contribution is 7.92. The minimum absolute atomic E-state index is 0.0826. The minimum atomic E-state index is -4.04. The highest BCUT2D eigenvalue weighted by Crippen LogP contribution is 2.29. The van der Waals surface area contributed by atoms with E-state index < -0.39 is 15.9 Å². The molecule has 1 aromatic carbocycles. The van der Waals surface area contributed by atoms with E-state index in [1.54, 1.807) is 16.9 Å². The van der Waals surface area contributed by atoms with Crippen molar-refractivity contribution < 1.29 is 17.9 Å². The number of nitrogens with one attached hydrogen (secondary N) is 2. The van der Waals surface area contributed by atoms with Crippen molar-refractivity contribution in [3.63, 3.8) is 0 Å². The number of aromatic nitrogens is 3. The Morgan fingerprint density at radius 1 is 1.16 bits per heavy atom. The molecule has 3 rings (SSSR count). The Hall–Kier alpha value is -3.40. The van der Waals surface area contributed by atoms with Crippen LogP contribution in [0.3, 0.4) is 0 Å². The van der Waals surface area contributed by atoms with E-state index in [-0.39, 0.29) is 28.2 Å². The second-order valence-electron chi connectivity index (χ2n) is 7.33. The Bertz CT molecular complexity index is 1200. The first-order valence-electron chi connectivity index (χ1n) is 9.62. The third-order valence-corrected chi connectivity index (χ3v) is 5.99. The molecule has 164 valence electrons. The molecular weight excluding hydrogens is 418 g/mol. The van der Waals surface area contributed by atoms with Gasteiger partial charge in [-0.15, -0.1) is 0 Å². The van der Waals surface area contributed by atoms with Crippen LogP contribution in [0.1, 0.15) is 41.5 Å². The summed E-state index contributed by atoms with van der Waals surface area (Å²) in [7, 11) is -2.71. The van der Waals surface area contributed by atoms with Crippen molar-refractivity contribution >= 4 is 27.3 Å². The zero-order valence-corrected chi connectivity index (χ0v) is 18.8. The lowest BCUT2D eigenvalue weighted by Gasteiger charge is -2.15. The summed E-state index contributed by atoms with van der Waals surface area (Å²) in [6.45, 7) is 7.52. The Morgan fingerprint density at radius 3 is 2.42 bits per heavy atom. The number of benzene rings is 1. The van der Waals surface area contributed by atoms with E-state index in [1.165, 1.54) is 19.4 Å². The van der Waals surface area contributed by atoms with Crippen LogP contribution in [0.5, 0.6) is 5.88 Å². The van der Waals surface area contributed by atoms with Crippen LogP contribution >= 0.6 is 0 Å². The topological polar surface area (TPSA) is 115 Å². The number of hydrogen-bond acceptors (Lipinski definition) is 6. The number of hydrogen-bond donors (Lipinski definition) is 2. The lowest BCUT2D eigenvalue weighted by atomic mass is 10.1. The van der Waals surface area contributed by atoms with Gasteiger partial charge in [0.15, 0.2) is 10.6 Å². The van der Waals surface area contributed by atoms with Gasteiger partial charge in [-0.25, -0.2) is 13.4 Å². The number of para-hydroxylation sites is 1. The number of methoxy groups -OCH3 is 1. The molecule has 10 heteroatoms. The van der Waals surface area contributed by atoms with Crippen LogP contribution in [-0.4, -0.2) is 36.2 Å². The predicted molar refractivity (Wildman–Crippen MR) is 118 cm³/mol. The van der Waals surface area contributed by atoms with Crippen molar-refractivity contribution in [3.05, 3.63) is 59.5 Å². The average Bonchev–Trinajstić information content (AvgIpc) is 3.22. The molecule has 0 saturated heterocycles. The van der Waals surface area contributed by atoms with E-state index in [2.05, 4.69) is 20.1 Å². The van der Waals surface area contributed by atoms with Gasteiger partial charge in [0.25, 0.3) is 15.9 Å². The number of rotatable bonds is 7. The van der Waals surface area contributed by atoms with Gasteiger partial charge in [-0.2, -0.15) is 5.10 Å². The third-order valence-electron chi connectivity index (χ3n) is 4.65. The number of ether oxygens (including phenoxy) is 1. The van der Waals surface area contributed by atoms with Gasteiger partial charge in [-0.3, -0.25) is 14.2 Å². The van der Waals surface area contributed by atoms with Crippen LogP contribution in [0.2, 0.25) is 0 Å².